The minimum Gasteiger partial charge on any atom is -0.275 e. The van der Waals surface area contributed by atoms with Gasteiger partial charge in [-0.2, -0.15) is 5.10 Å². The lowest BCUT2D eigenvalue weighted by molar-refractivity contribution is 0.193. The van der Waals surface area contributed by atoms with Crippen LogP contribution in [-0.4, -0.2) is 28.5 Å². The molecule has 0 spiro atoms. The maximum Gasteiger partial charge on any atom is 0.129 e. The SMILES string of the molecule is CC(C)CC1N(Br)C=NN1C. The second-order valence-electron chi connectivity index (χ2n) is 3.26. The molecule has 0 radical (unpaired) electrons. The number of hydrogen-bond acceptors (Lipinski definition) is 3. The van der Waals surface area contributed by atoms with Crippen molar-refractivity contribution in [3.63, 3.8) is 0 Å². The Balaban J connectivity index is 2.45. The first-order chi connectivity index (χ1) is 5.11. The molecule has 0 fully saturated rings. The van der Waals surface area contributed by atoms with Crippen LogP contribution in [0.2, 0.25) is 0 Å². The third-order valence-corrected chi connectivity index (χ3v) is 2.40. The van der Waals surface area contributed by atoms with E-state index in [0.717, 1.165) is 6.42 Å². The van der Waals surface area contributed by atoms with Crippen LogP contribution in [0.25, 0.3) is 0 Å². The van der Waals surface area contributed by atoms with Crippen molar-refractivity contribution >= 4 is 22.5 Å². The van der Waals surface area contributed by atoms with Gasteiger partial charge in [-0.3, -0.25) is 8.93 Å². The predicted molar refractivity (Wildman–Crippen MR) is 50.3 cm³/mol. The number of nitrogens with zero attached hydrogens (tertiary/aromatic N) is 3. The Morgan fingerprint density at radius 1 is 1.64 bits per heavy atom. The standard InChI is InChI=1S/C7H14BrN3/c1-6(2)4-7-10(3)9-5-11(7)8/h5-7H,4H2,1-3H3. The van der Waals surface area contributed by atoms with Gasteiger partial charge in [-0.05, 0) is 12.3 Å². The molecule has 1 atom stereocenters. The van der Waals surface area contributed by atoms with Crippen LogP contribution in [0.3, 0.4) is 0 Å². The zero-order chi connectivity index (χ0) is 8.43. The average Bonchev–Trinajstić information content (AvgIpc) is 2.18. The lowest BCUT2D eigenvalue weighted by atomic mass is 10.1. The molecule has 64 valence electrons. The van der Waals surface area contributed by atoms with Crippen molar-refractivity contribution < 1.29 is 0 Å². The lowest BCUT2D eigenvalue weighted by Crippen LogP contribution is -2.33. The zero-order valence-electron chi connectivity index (χ0n) is 7.16. The van der Waals surface area contributed by atoms with Gasteiger partial charge < -0.3 is 0 Å². The molecule has 0 aromatic carbocycles. The van der Waals surface area contributed by atoms with Crippen LogP contribution >= 0.6 is 16.1 Å². The van der Waals surface area contributed by atoms with Crippen LogP contribution in [0.15, 0.2) is 5.10 Å². The monoisotopic (exact) mass is 219 g/mol. The van der Waals surface area contributed by atoms with Crippen LogP contribution in [0.4, 0.5) is 0 Å². The first kappa shape index (κ1) is 8.84. The van der Waals surface area contributed by atoms with E-state index in [9.17, 15) is 0 Å². The van der Waals surface area contributed by atoms with Gasteiger partial charge in [0.1, 0.15) is 12.5 Å². The van der Waals surface area contributed by atoms with E-state index < -0.39 is 0 Å². The molecule has 0 aliphatic carbocycles. The first-order valence-corrected chi connectivity index (χ1v) is 4.53. The molecule has 3 nitrogen and oxygen atoms in total. The Labute approximate surface area is 76.4 Å². The van der Waals surface area contributed by atoms with E-state index >= 15 is 0 Å². The van der Waals surface area contributed by atoms with Crippen LogP contribution in [0.5, 0.6) is 0 Å². The summed E-state index contributed by atoms with van der Waals surface area (Å²) in [6.07, 6.45) is 3.31. The second kappa shape index (κ2) is 3.43. The van der Waals surface area contributed by atoms with Crippen molar-refractivity contribution in [2.75, 3.05) is 7.05 Å². The third-order valence-electron chi connectivity index (χ3n) is 1.74. The summed E-state index contributed by atoms with van der Waals surface area (Å²) in [6.45, 7) is 4.43. The van der Waals surface area contributed by atoms with Crippen molar-refractivity contribution in [3.8, 4) is 0 Å². The molecule has 1 unspecified atom stereocenters. The zero-order valence-corrected chi connectivity index (χ0v) is 8.74. The molecule has 11 heavy (non-hydrogen) atoms. The number of rotatable bonds is 2. The second-order valence-corrected chi connectivity index (χ2v) is 4.08. The fraction of sp³-hybridized carbons (Fsp3) is 0.857. The van der Waals surface area contributed by atoms with Gasteiger partial charge in [-0.1, -0.05) is 13.8 Å². The normalized spacial score (nSPS) is 23.9. The summed E-state index contributed by atoms with van der Waals surface area (Å²) in [5, 5.41) is 6.11. The Morgan fingerprint density at radius 2 is 2.27 bits per heavy atom. The Kier molecular flexibility index (Phi) is 2.76. The molecule has 0 N–H and O–H groups in total. The molecule has 1 aliphatic rings. The van der Waals surface area contributed by atoms with Gasteiger partial charge in [0.2, 0.25) is 0 Å². The highest BCUT2D eigenvalue weighted by molar-refractivity contribution is 9.07. The van der Waals surface area contributed by atoms with Gasteiger partial charge in [0.15, 0.2) is 0 Å². The molecule has 0 saturated heterocycles. The topological polar surface area (TPSA) is 18.8 Å². The third kappa shape index (κ3) is 2.09. The Hall–Kier alpha value is -0.250. The van der Waals surface area contributed by atoms with E-state index in [1.807, 2.05) is 16.0 Å². The predicted octanol–water partition coefficient (Wildman–Crippen LogP) is 1.86. The largest absolute Gasteiger partial charge is 0.275 e. The number of halogens is 1. The van der Waals surface area contributed by atoms with E-state index in [1.54, 1.807) is 6.34 Å². The van der Waals surface area contributed by atoms with E-state index in [0.29, 0.717) is 12.1 Å². The van der Waals surface area contributed by atoms with Gasteiger partial charge in [-0.15, -0.1) is 0 Å². The fourth-order valence-corrected chi connectivity index (χ4v) is 1.63. The van der Waals surface area contributed by atoms with E-state index in [4.69, 9.17) is 0 Å². The van der Waals surface area contributed by atoms with E-state index in [2.05, 4.69) is 35.1 Å². The van der Waals surface area contributed by atoms with Gasteiger partial charge in [0.25, 0.3) is 0 Å². The van der Waals surface area contributed by atoms with Crippen LogP contribution in [-0.2, 0) is 0 Å². The maximum absolute atomic E-state index is 4.14. The maximum atomic E-state index is 4.14. The van der Waals surface area contributed by atoms with Crippen molar-refractivity contribution in [1.29, 1.82) is 0 Å². The molecule has 4 heteroatoms. The highest BCUT2D eigenvalue weighted by Crippen LogP contribution is 2.20. The van der Waals surface area contributed by atoms with E-state index in [1.165, 1.54) is 0 Å². The summed E-state index contributed by atoms with van der Waals surface area (Å²) in [6, 6.07) is 0. The quantitative estimate of drug-likeness (QED) is 0.661. The van der Waals surface area contributed by atoms with E-state index in [-0.39, 0.29) is 0 Å². The number of hydrazone groups is 1. The summed E-state index contributed by atoms with van der Waals surface area (Å²) in [5.74, 6) is 0.698. The van der Waals surface area contributed by atoms with Crippen molar-refractivity contribution in [1.82, 2.24) is 8.93 Å². The molecule has 0 saturated carbocycles. The molecule has 0 bridgehead atoms. The molecule has 1 aliphatic heterocycles. The van der Waals surface area contributed by atoms with Crippen LogP contribution < -0.4 is 0 Å². The lowest BCUT2D eigenvalue weighted by Gasteiger charge is -2.24. The van der Waals surface area contributed by atoms with Crippen molar-refractivity contribution in [2.45, 2.75) is 26.4 Å². The smallest absolute Gasteiger partial charge is 0.129 e. The van der Waals surface area contributed by atoms with Gasteiger partial charge in [-0.25, -0.2) is 0 Å². The summed E-state index contributed by atoms with van der Waals surface area (Å²) < 4.78 is 1.97. The Morgan fingerprint density at radius 3 is 2.64 bits per heavy atom. The average molecular weight is 220 g/mol. The van der Waals surface area contributed by atoms with Crippen molar-refractivity contribution in [2.24, 2.45) is 11.0 Å². The minimum absolute atomic E-state index is 0.384. The van der Waals surface area contributed by atoms with Gasteiger partial charge >= 0.3 is 0 Å². The minimum atomic E-state index is 0.384. The molecule has 0 aromatic rings. The first-order valence-electron chi connectivity index (χ1n) is 3.82. The molecule has 0 amide bonds. The highest BCUT2D eigenvalue weighted by atomic mass is 79.9. The molecule has 1 heterocycles. The molecular formula is C7H14BrN3. The fourth-order valence-electron chi connectivity index (χ4n) is 1.12. The Bertz CT molecular complexity index is 146. The molecule has 1 rings (SSSR count). The van der Waals surface area contributed by atoms with Crippen molar-refractivity contribution in [3.05, 3.63) is 0 Å². The summed E-state index contributed by atoms with van der Waals surface area (Å²) in [4.78, 5) is 0. The molecule has 0 aromatic heterocycles. The number of hydrogen-bond donors (Lipinski definition) is 0. The van der Waals surface area contributed by atoms with Gasteiger partial charge in [0.05, 0.1) is 16.1 Å². The van der Waals surface area contributed by atoms with Crippen LogP contribution in [0.1, 0.15) is 20.3 Å². The highest BCUT2D eigenvalue weighted by Gasteiger charge is 2.23. The summed E-state index contributed by atoms with van der Waals surface area (Å²) in [5.41, 5.74) is 0. The summed E-state index contributed by atoms with van der Waals surface area (Å²) >= 11 is 3.42. The van der Waals surface area contributed by atoms with Crippen LogP contribution in [0, 0.1) is 5.92 Å². The van der Waals surface area contributed by atoms with Gasteiger partial charge in [0, 0.05) is 7.05 Å². The summed E-state index contributed by atoms with van der Waals surface area (Å²) in [7, 11) is 1.99. The molecular weight excluding hydrogens is 206 g/mol.